The minimum atomic E-state index is -0.821. The van der Waals surface area contributed by atoms with Gasteiger partial charge in [-0.05, 0) is 13.1 Å². The average molecular weight is 436 g/mol. The summed E-state index contributed by atoms with van der Waals surface area (Å²) in [5.41, 5.74) is 4.94. The molecule has 2 rings (SSSR count). The summed E-state index contributed by atoms with van der Waals surface area (Å²) in [6.45, 7) is 0.503. The van der Waals surface area contributed by atoms with Gasteiger partial charge >= 0.3 is 5.69 Å². The third kappa shape index (κ3) is 5.25. The van der Waals surface area contributed by atoms with Crippen molar-refractivity contribution in [1.82, 2.24) is 14.5 Å². The van der Waals surface area contributed by atoms with Gasteiger partial charge in [-0.3, -0.25) is 24.0 Å². The molecule has 0 saturated carbocycles. The zero-order chi connectivity index (χ0) is 23.1. The van der Waals surface area contributed by atoms with E-state index in [1.807, 2.05) is 0 Å². The number of aromatic amines is 1. The summed E-state index contributed by atoms with van der Waals surface area (Å²) in [5, 5.41) is 0. The molecular formula is C20H28N4O7. The normalized spacial score (nSPS) is 10.9. The van der Waals surface area contributed by atoms with Crippen molar-refractivity contribution in [3.63, 3.8) is 0 Å². The van der Waals surface area contributed by atoms with Crippen molar-refractivity contribution in [1.29, 1.82) is 0 Å². The molecule has 0 radical (unpaired) electrons. The number of ether oxygens (including phenoxy) is 4. The molecule has 0 aliphatic rings. The number of Topliss-reactive ketones (excluding diaryl/α,β-unsaturated/α-hetero) is 1. The minimum Gasteiger partial charge on any atom is -0.493 e. The number of hydrogen-bond donors (Lipinski definition) is 2. The molecule has 0 atom stereocenters. The Bertz CT molecular complexity index is 1050. The molecule has 0 spiro atoms. The number of anilines is 1. The molecule has 0 saturated heterocycles. The van der Waals surface area contributed by atoms with Gasteiger partial charge in [-0.1, -0.05) is 6.07 Å². The number of nitrogens with zero attached hydrogens (tertiary/aromatic N) is 2. The fourth-order valence-corrected chi connectivity index (χ4v) is 3.22. The topological polar surface area (TPSA) is 138 Å². The number of nitrogens with one attached hydrogen (secondary N) is 1. The number of likely N-dealkylation sites (N-methyl/N-ethyl adjacent to an activating group) is 1. The van der Waals surface area contributed by atoms with Gasteiger partial charge in [-0.2, -0.15) is 0 Å². The van der Waals surface area contributed by atoms with E-state index in [2.05, 4.69) is 4.98 Å². The second-order valence-electron chi connectivity index (χ2n) is 6.75. The molecular weight excluding hydrogens is 408 g/mol. The number of benzene rings is 1. The van der Waals surface area contributed by atoms with Crippen LogP contribution in [0.2, 0.25) is 0 Å². The van der Waals surface area contributed by atoms with Gasteiger partial charge in [0.15, 0.2) is 17.3 Å². The SMILES string of the molecule is COCCn1c(N)c(C(=O)CN(C)Cc2ccc(OC)c(OC)c2OC)c(=O)[nH]c1=O. The molecule has 0 aliphatic heterocycles. The van der Waals surface area contributed by atoms with Gasteiger partial charge in [0.25, 0.3) is 5.56 Å². The standard InChI is InChI=1S/C20H28N4O7/c1-23(10-12-6-7-14(29-3)17(31-5)16(12)30-4)11-13(25)15-18(21)24(8-9-28-2)20(27)22-19(15)26/h6-7H,8-11,21H2,1-5H3,(H,22,26,27). The van der Waals surface area contributed by atoms with Crippen LogP contribution in [0.5, 0.6) is 17.2 Å². The van der Waals surface area contributed by atoms with Gasteiger partial charge in [-0.15, -0.1) is 0 Å². The van der Waals surface area contributed by atoms with Crippen molar-refractivity contribution in [3.05, 3.63) is 44.1 Å². The van der Waals surface area contributed by atoms with E-state index in [0.717, 1.165) is 10.1 Å². The molecule has 0 unspecified atom stereocenters. The molecule has 3 N–H and O–H groups in total. The van der Waals surface area contributed by atoms with E-state index < -0.39 is 17.0 Å². The van der Waals surface area contributed by atoms with Gasteiger partial charge in [0.1, 0.15) is 11.4 Å². The van der Waals surface area contributed by atoms with Gasteiger partial charge in [0, 0.05) is 19.2 Å². The van der Waals surface area contributed by atoms with E-state index in [0.29, 0.717) is 23.8 Å². The summed E-state index contributed by atoms with van der Waals surface area (Å²) in [4.78, 5) is 40.9. The van der Waals surface area contributed by atoms with E-state index >= 15 is 0 Å². The second kappa shape index (κ2) is 10.6. The van der Waals surface area contributed by atoms with Crippen LogP contribution in [0.1, 0.15) is 15.9 Å². The van der Waals surface area contributed by atoms with Crippen LogP contribution in [0.4, 0.5) is 5.82 Å². The molecule has 2 aromatic rings. The molecule has 1 heterocycles. The molecule has 31 heavy (non-hydrogen) atoms. The Morgan fingerprint density at radius 3 is 2.35 bits per heavy atom. The Labute approximate surface area is 179 Å². The highest BCUT2D eigenvalue weighted by molar-refractivity contribution is 6.01. The Morgan fingerprint density at radius 2 is 1.77 bits per heavy atom. The lowest BCUT2D eigenvalue weighted by Crippen LogP contribution is -2.39. The summed E-state index contributed by atoms with van der Waals surface area (Å²) in [6, 6.07) is 3.54. The summed E-state index contributed by atoms with van der Waals surface area (Å²) >= 11 is 0. The highest BCUT2D eigenvalue weighted by Gasteiger charge is 2.22. The lowest BCUT2D eigenvalue weighted by Gasteiger charge is -2.20. The number of carbonyl (C=O) groups excluding carboxylic acids is 1. The number of H-pyrrole nitrogens is 1. The number of nitrogens with two attached hydrogens (primary N) is 1. The number of aromatic nitrogens is 2. The smallest absolute Gasteiger partial charge is 0.330 e. The maximum Gasteiger partial charge on any atom is 0.330 e. The number of ketones is 1. The van der Waals surface area contributed by atoms with E-state index in [4.69, 9.17) is 24.7 Å². The summed E-state index contributed by atoms with van der Waals surface area (Å²) < 4.78 is 22.2. The highest BCUT2D eigenvalue weighted by Crippen LogP contribution is 2.40. The average Bonchev–Trinajstić information content (AvgIpc) is 2.72. The van der Waals surface area contributed by atoms with Crippen molar-refractivity contribution >= 4 is 11.6 Å². The molecule has 0 bridgehead atoms. The largest absolute Gasteiger partial charge is 0.493 e. The van der Waals surface area contributed by atoms with Crippen molar-refractivity contribution in [2.45, 2.75) is 13.1 Å². The van der Waals surface area contributed by atoms with Crippen LogP contribution in [0, 0.1) is 0 Å². The highest BCUT2D eigenvalue weighted by atomic mass is 16.5. The predicted molar refractivity (Wildman–Crippen MR) is 114 cm³/mol. The Morgan fingerprint density at radius 1 is 1.10 bits per heavy atom. The lowest BCUT2D eigenvalue weighted by atomic mass is 10.1. The first-order valence-electron chi connectivity index (χ1n) is 9.40. The summed E-state index contributed by atoms with van der Waals surface area (Å²) in [6.07, 6.45) is 0. The number of carbonyl (C=O) groups is 1. The first-order valence-corrected chi connectivity index (χ1v) is 9.40. The third-order valence-electron chi connectivity index (χ3n) is 4.68. The fourth-order valence-electron chi connectivity index (χ4n) is 3.22. The van der Waals surface area contributed by atoms with Crippen LogP contribution in [-0.4, -0.2) is 68.9 Å². The zero-order valence-electron chi connectivity index (χ0n) is 18.3. The molecule has 0 fully saturated rings. The lowest BCUT2D eigenvalue weighted by molar-refractivity contribution is 0.0940. The number of hydrogen-bond acceptors (Lipinski definition) is 9. The van der Waals surface area contributed by atoms with Crippen LogP contribution in [0.15, 0.2) is 21.7 Å². The Hall–Kier alpha value is -3.31. The molecule has 170 valence electrons. The number of nitrogen functional groups attached to an aromatic ring is 1. The third-order valence-corrected chi connectivity index (χ3v) is 4.68. The number of methoxy groups -OCH3 is 4. The van der Waals surface area contributed by atoms with Crippen molar-refractivity contribution in [2.75, 3.05) is 54.4 Å². The van der Waals surface area contributed by atoms with E-state index in [-0.39, 0.29) is 31.1 Å². The first-order chi connectivity index (χ1) is 14.8. The van der Waals surface area contributed by atoms with Crippen LogP contribution in [-0.2, 0) is 17.8 Å². The van der Waals surface area contributed by atoms with Crippen LogP contribution in [0.3, 0.4) is 0 Å². The van der Waals surface area contributed by atoms with Crippen molar-refractivity contribution in [2.24, 2.45) is 0 Å². The van der Waals surface area contributed by atoms with Gasteiger partial charge in [-0.25, -0.2) is 4.79 Å². The monoisotopic (exact) mass is 436 g/mol. The molecule has 1 aromatic carbocycles. The predicted octanol–water partition coefficient (Wildman–Crippen LogP) is 0.106. The van der Waals surface area contributed by atoms with E-state index in [9.17, 15) is 14.4 Å². The second-order valence-corrected chi connectivity index (χ2v) is 6.75. The van der Waals surface area contributed by atoms with Crippen molar-refractivity contribution in [3.8, 4) is 17.2 Å². The van der Waals surface area contributed by atoms with E-state index in [1.54, 1.807) is 24.1 Å². The van der Waals surface area contributed by atoms with Crippen LogP contribution >= 0.6 is 0 Å². The number of rotatable bonds is 11. The minimum absolute atomic E-state index is 0.108. The fraction of sp³-hybridized carbons (Fsp3) is 0.450. The Balaban J connectivity index is 2.28. The Kier molecular flexibility index (Phi) is 8.22. The van der Waals surface area contributed by atoms with Gasteiger partial charge in [0.05, 0.1) is 41.0 Å². The van der Waals surface area contributed by atoms with Crippen LogP contribution < -0.4 is 31.2 Å². The first kappa shape index (κ1) is 24.0. The molecule has 1 aromatic heterocycles. The molecule has 0 aliphatic carbocycles. The molecule has 11 heteroatoms. The van der Waals surface area contributed by atoms with Crippen molar-refractivity contribution < 1.29 is 23.7 Å². The molecule has 0 amide bonds. The van der Waals surface area contributed by atoms with E-state index in [1.165, 1.54) is 28.4 Å². The summed E-state index contributed by atoms with van der Waals surface area (Å²) in [5.74, 6) is 0.721. The quantitative estimate of drug-likeness (QED) is 0.470. The van der Waals surface area contributed by atoms with Gasteiger partial charge in [0.2, 0.25) is 5.75 Å². The summed E-state index contributed by atoms with van der Waals surface area (Å²) in [7, 11) is 7.71. The maximum absolute atomic E-state index is 12.8. The zero-order valence-corrected chi connectivity index (χ0v) is 18.3. The molecule has 11 nitrogen and oxygen atoms in total. The van der Waals surface area contributed by atoms with Crippen LogP contribution in [0.25, 0.3) is 0 Å². The van der Waals surface area contributed by atoms with Gasteiger partial charge < -0.3 is 24.7 Å². The maximum atomic E-state index is 12.8.